The van der Waals surface area contributed by atoms with Gasteiger partial charge in [0, 0.05) is 0 Å². The summed E-state index contributed by atoms with van der Waals surface area (Å²) in [4.78, 5) is 23.0. The molecular formula is C17H17ClN2O5S. The number of hydrogen-bond acceptors (Lipinski definition) is 5. The Balaban J connectivity index is 2.33. The molecule has 1 amide bonds. The highest BCUT2D eigenvalue weighted by Crippen LogP contribution is 2.23. The van der Waals surface area contributed by atoms with Crippen LogP contribution in [0.4, 0.5) is 0 Å². The topological polar surface area (TPSA) is 116 Å². The van der Waals surface area contributed by atoms with Gasteiger partial charge in [-0.1, -0.05) is 41.9 Å². The zero-order chi connectivity index (χ0) is 19.3. The molecule has 2 rings (SSSR count). The van der Waals surface area contributed by atoms with E-state index in [0.29, 0.717) is 0 Å². The minimum atomic E-state index is -4.21. The molecule has 1 atom stereocenters. The average molecular weight is 397 g/mol. The van der Waals surface area contributed by atoms with Crippen molar-refractivity contribution in [2.45, 2.75) is 17.4 Å². The molecule has 138 valence electrons. The summed E-state index contributed by atoms with van der Waals surface area (Å²) in [5, 5.41) is -0.104. The summed E-state index contributed by atoms with van der Waals surface area (Å²) >= 11 is 5.96. The number of carbonyl (C=O) groups is 2. The Bertz CT molecular complexity index is 916. The molecule has 0 saturated carbocycles. The summed E-state index contributed by atoms with van der Waals surface area (Å²) in [5.74, 6) is -1.55. The van der Waals surface area contributed by atoms with Crippen LogP contribution in [-0.4, -0.2) is 33.4 Å². The van der Waals surface area contributed by atoms with Crippen LogP contribution in [-0.2, 0) is 26.0 Å². The standard InChI is InChI=1S/C17H17ClN2O5S/c1-25-17(22)12-7-8-13(18)15(10-12)26(23,24)20-14(16(19)21)9-11-5-3-2-4-6-11/h2-8,10,14,20H,9H2,1H3,(H2,19,21). The Morgan fingerprint density at radius 3 is 2.42 bits per heavy atom. The number of nitrogens with two attached hydrogens (primary N) is 1. The predicted molar refractivity (Wildman–Crippen MR) is 96.2 cm³/mol. The van der Waals surface area contributed by atoms with E-state index in [9.17, 15) is 18.0 Å². The van der Waals surface area contributed by atoms with E-state index >= 15 is 0 Å². The Morgan fingerprint density at radius 1 is 1.19 bits per heavy atom. The Hall–Kier alpha value is -2.42. The normalized spacial score (nSPS) is 12.4. The fraction of sp³-hybridized carbons (Fsp3) is 0.176. The molecule has 0 aliphatic carbocycles. The Morgan fingerprint density at radius 2 is 1.85 bits per heavy atom. The highest BCUT2D eigenvalue weighted by molar-refractivity contribution is 7.89. The monoisotopic (exact) mass is 396 g/mol. The van der Waals surface area contributed by atoms with Crippen LogP contribution in [0.1, 0.15) is 15.9 Å². The first-order valence-corrected chi connectivity index (χ1v) is 9.34. The van der Waals surface area contributed by atoms with Crippen molar-refractivity contribution < 1.29 is 22.7 Å². The van der Waals surface area contributed by atoms with E-state index in [4.69, 9.17) is 17.3 Å². The van der Waals surface area contributed by atoms with E-state index in [1.807, 2.05) is 0 Å². The van der Waals surface area contributed by atoms with Gasteiger partial charge in [0.25, 0.3) is 0 Å². The molecule has 0 aromatic heterocycles. The van der Waals surface area contributed by atoms with Crippen LogP contribution in [0.3, 0.4) is 0 Å². The van der Waals surface area contributed by atoms with Gasteiger partial charge in [-0.2, -0.15) is 4.72 Å². The number of sulfonamides is 1. The number of rotatable bonds is 7. The first-order chi connectivity index (χ1) is 12.2. The van der Waals surface area contributed by atoms with Crippen LogP contribution in [0.15, 0.2) is 53.4 Å². The lowest BCUT2D eigenvalue weighted by Gasteiger charge is -2.17. The second kappa shape index (κ2) is 8.31. The third kappa shape index (κ3) is 4.81. The number of amides is 1. The average Bonchev–Trinajstić information content (AvgIpc) is 2.61. The number of nitrogens with one attached hydrogen (secondary N) is 1. The second-order valence-corrected chi connectivity index (χ2v) is 7.49. The van der Waals surface area contributed by atoms with E-state index in [2.05, 4.69) is 9.46 Å². The molecule has 7 nitrogen and oxygen atoms in total. The Kier molecular flexibility index (Phi) is 6.36. The summed E-state index contributed by atoms with van der Waals surface area (Å²) in [6.07, 6.45) is 0.0731. The number of hydrogen-bond donors (Lipinski definition) is 2. The van der Waals surface area contributed by atoms with Crippen molar-refractivity contribution >= 4 is 33.5 Å². The van der Waals surface area contributed by atoms with Gasteiger partial charge in [-0.15, -0.1) is 0 Å². The molecule has 0 fully saturated rings. The van der Waals surface area contributed by atoms with E-state index in [1.54, 1.807) is 30.3 Å². The third-order valence-electron chi connectivity index (χ3n) is 3.57. The molecule has 0 saturated heterocycles. The van der Waals surface area contributed by atoms with Crippen LogP contribution < -0.4 is 10.5 Å². The van der Waals surface area contributed by atoms with Crippen molar-refractivity contribution in [3.63, 3.8) is 0 Å². The largest absolute Gasteiger partial charge is 0.465 e. The maximum Gasteiger partial charge on any atom is 0.337 e. The van der Waals surface area contributed by atoms with Crippen LogP contribution in [0.25, 0.3) is 0 Å². The van der Waals surface area contributed by atoms with Gasteiger partial charge in [0.05, 0.1) is 17.7 Å². The molecule has 0 spiro atoms. The van der Waals surface area contributed by atoms with Crippen LogP contribution in [0.2, 0.25) is 5.02 Å². The van der Waals surface area contributed by atoms with Crippen molar-refractivity contribution in [1.82, 2.24) is 4.72 Å². The Labute approximate surface area is 156 Å². The first-order valence-electron chi connectivity index (χ1n) is 7.48. The van der Waals surface area contributed by atoms with Crippen molar-refractivity contribution in [2.24, 2.45) is 5.73 Å². The highest BCUT2D eigenvalue weighted by Gasteiger charge is 2.27. The zero-order valence-corrected chi connectivity index (χ0v) is 15.4. The van der Waals surface area contributed by atoms with Crippen molar-refractivity contribution in [3.05, 3.63) is 64.7 Å². The van der Waals surface area contributed by atoms with Gasteiger partial charge in [-0.05, 0) is 30.2 Å². The van der Waals surface area contributed by atoms with Gasteiger partial charge < -0.3 is 10.5 Å². The molecular weight excluding hydrogens is 380 g/mol. The van der Waals surface area contributed by atoms with Crippen LogP contribution in [0.5, 0.6) is 0 Å². The molecule has 0 radical (unpaired) electrons. The smallest absolute Gasteiger partial charge is 0.337 e. The van der Waals surface area contributed by atoms with Gasteiger partial charge in [-0.25, -0.2) is 13.2 Å². The number of halogens is 1. The van der Waals surface area contributed by atoms with E-state index in [-0.39, 0.29) is 21.9 Å². The molecule has 26 heavy (non-hydrogen) atoms. The number of esters is 1. The molecule has 2 aromatic rings. The van der Waals surface area contributed by atoms with Crippen molar-refractivity contribution in [1.29, 1.82) is 0 Å². The summed E-state index contributed by atoms with van der Waals surface area (Å²) in [6, 6.07) is 11.3. The SMILES string of the molecule is COC(=O)c1ccc(Cl)c(S(=O)(=O)NC(Cc2ccccc2)C(N)=O)c1. The minimum absolute atomic E-state index is 0.0101. The summed E-state index contributed by atoms with van der Waals surface area (Å²) in [7, 11) is -3.04. The fourth-order valence-electron chi connectivity index (χ4n) is 2.26. The number of carbonyl (C=O) groups excluding carboxylic acids is 2. The number of benzene rings is 2. The first kappa shape index (κ1) is 19.9. The highest BCUT2D eigenvalue weighted by atomic mass is 35.5. The minimum Gasteiger partial charge on any atom is -0.465 e. The van der Waals surface area contributed by atoms with Gasteiger partial charge in [0.15, 0.2) is 0 Å². The molecule has 3 N–H and O–H groups in total. The van der Waals surface area contributed by atoms with E-state index in [1.165, 1.54) is 19.2 Å². The van der Waals surface area contributed by atoms with E-state index < -0.39 is 27.9 Å². The molecule has 9 heteroatoms. The van der Waals surface area contributed by atoms with Gasteiger partial charge in [-0.3, -0.25) is 4.79 Å². The maximum absolute atomic E-state index is 12.7. The van der Waals surface area contributed by atoms with E-state index in [0.717, 1.165) is 11.6 Å². The molecule has 0 heterocycles. The lowest BCUT2D eigenvalue weighted by Crippen LogP contribution is -2.45. The van der Waals surface area contributed by atoms with Crippen molar-refractivity contribution in [2.75, 3.05) is 7.11 Å². The lowest BCUT2D eigenvalue weighted by molar-refractivity contribution is -0.119. The second-order valence-electron chi connectivity index (χ2n) is 5.40. The van der Waals surface area contributed by atoms with Gasteiger partial charge in [0.2, 0.25) is 15.9 Å². The van der Waals surface area contributed by atoms with Crippen LogP contribution >= 0.6 is 11.6 Å². The van der Waals surface area contributed by atoms with Gasteiger partial charge in [0.1, 0.15) is 10.9 Å². The molecule has 2 aromatic carbocycles. The fourth-order valence-corrected chi connectivity index (χ4v) is 3.99. The quantitative estimate of drug-likeness (QED) is 0.688. The predicted octanol–water partition coefficient (Wildman–Crippen LogP) is 1.50. The maximum atomic E-state index is 12.7. The summed E-state index contributed by atoms with van der Waals surface area (Å²) < 4.78 is 32.1. The molecule has 0 aliphatic heterocycles. The zero-order valence-electron chi connectivity index (χ0n) is 13.8. The molecule has 1 unspecified atom stereocenters. The van der Waals surface area contributed by atoms with Gasteiger partial charge >= 0.3 is 5.97 Å². The number of methoxy groups -OCH3 is 1. The lowest BCUT2D eigenvalue weighted by atomic mass is 10.1. The van der Waals surface area contributed by atoms with Crippen molar-refractivity contribution in [3.8, 4) is 0 Å². The van der Waals surface area contributed by atoms with Crippen LogP contribution in [0, 0.1) is 0 Å². The summed E-state index contributed by atoms with van der Waals surface area (Å²) in [5.41, 5.74) is 6.07. The number of ether oxygens (including phenoxy) is 1. The third-order valence-corrected chi connectivity index (χ3v) is 5.52. The summed E-state index contributed by atoms with van der Waals surface area (Å²) in [6.45, 7) is 0. The molecule has 0 aliphatic rings. The number of primary amides is 1. The molecule has 0 bridgehead atoms.